The van der Waals surface area contributed by atoms with Gasteiger partial charge in [-0.2, -0.15) is 5.10 Å². The molecule has 0 saturated carbocycles. The van der Waals surface area contributed by atoms with Crippen molar-refractivity contribution in [3.05, 3.63) is 79.8 Å². The standard InChI is InChI=1S/C15H10ClN5O3/c16-14-12(15(22)20-8-2-1-3-13(20)18-14)9-17-19-10-4-6-11(7-5-10)21(23)24/h1-9,19H/b17-9-. The summed E-state index contributed by atoms with van der Waals surface area (Å²) in [4.78, 5) is 26.6. The van der Waals surface area contributed by atoms with Gasteiger partial charge in [0.15, 0.2) is 0 Å². The Labute approximate surface area is 140 Å². The number of benzene rings is 1. The molecule has 0 radical (unpaired) electrons. The summed E-state index contributed by atoms with van der Waals surface area (Å²) in [6.45, 7) is 0. The maximum Gasteiger partial charge on any atom is 0.269 e. The van der Waals surface area contributed by atoms with E-state index in [0.29, 0.717) is 11.3 Å². The number of fused-ring (bicyclic) bond motifs is 1. The quantitative estimate of drug-likeness (QED) is 0.339. The van der Waals surface area contributed by atoms with E-state index in [-0.39, 0.29) is 22.0 Å². The molecule has 1 aromatic carbocycles. The van der Waals surface area contributed by atoms with Gasteiger partial charge in [-0.25, -0.2) is 4.98 Å². The molecule has 0 fully saturated rings. The highest BCUT2D eigenvalue weighted by molar-refractivity contribution is 6.32. The monoisotopic (exact) mass is 343 g/mol. The van der Waals surface area contributed by atoms with Crippen LogP contribution < -0.4 is 11.0 Å². The van der Waals surface area contributed by atoms with Gasteiger partial charge in [0.1, 0.15) is 10.8 Å². The van der Waals surface area contributed by atoms with Crippen LogP contribution in [-0.4, -0.2) is 20.5 Å². The van der Waals surface area contributed by atoms with Gasteiger partial charge in [0.05, 0.1) is 22.4 Å². The number of anilines is 1. The fourth-order valence-electron chi connectivity index (χ4n) is 2.01. The van der Waals surface area contributed by atoms with E-state index in [2.05, 4.69) is 15.5 Å². The van der Waals surface area contributed by atoms with Gasteiger partial charge in [-0.15, -0.1) is 0 Å². The minimum atomic E-state index is -0.492. The van der Waals surface area contributed by atoms with Crippen LogP contribution in [0.2, 0.25) is 5.15 Å². The smallest absolute Gasteiger partial charge is 0.269 e. The molecule has 0 aliphatic carbocycles. The van der Waals surface area contributed by atoms with Crippen LogP contribution in [0.4, 0.5) is 11.4 Å². The number of rotatable bonds is 4. The number of nitro benzene ring substituents is 1. The summed E-state index contributed by atoms with van der Waals surface area (Å²) in [7, 11) is 0. The van der Waals surface area contributed by atoms with Crippen molar-refractivity contribution in [2.45, 2.75) is 0 Å². The Morgan fingerprint density at radius 1 is 1.25 bits per heavy atom. The van der Waals surface area contributed by atoms with Gasteiger partial charge in [-0.3, -0.25) is 24.7 Å². The van der Waals surface area contributed by atoms with E-state index in [1.54, 1.807) is 24.4 Å². The Bertz CT molecular complexity index is 998. The molecule has 0 atom stereocenters. The average molecular weight is 344 g/mol. The van der Waals surface area contributed by atoms with Crippen molar-refractivity contribution >= 4 is 34.8 Å². The van der Waals surface area contributed by atoms with Gasteiger partial charge in [0.25, 0.3) is 11.2 Å². The van der Waals surface area contributed by atoms with Gasteiger partial charge >= 0.3 is 0 Å². The molecule has 0 aliphatic heterocycles. The van der Waals surface area contributed by atoms with Crippen LogP contribution in [0.1, 0.15) is 5.56 Å². The minimum Gasteiger partial charge on any atom is -0.278 e. The van der Waals surface area contributed by atoms with Crippen LogP contribution in [0.5, 0.6) is 0 Å². The van der Waals surface area contributed by atoms with Gasteiger partial charge < -0.3 is 0 Å². The van der Waals surface area contributed by atoms with Crippen molar-refractivity contribution in [1.82, 2.24) is 9.38 Å². The third-order valence-corrected chi connectivity index (χ3v) is 3.48. The van der Waals surface area contributed by atoms with Crippen molar-refractivity contribution in [2.75, 3.05) is 5.43 Å². The molecule has 0 saturated heterocycles. The molecule has 8 nitrogen and oxygen atoms in total. The molecule has 3 rings (SSSR count). The lowest BCUT2D eigenvalue weighted by atomic mass is 10.3. The lowest BCUT2D eigenvalue weighted by Gasteiger charge is -2.03. The summed E-state index contributed by atoms with van der Waals surface area (Å²) in [6, 6.07) is 10.8. The summed E-state index contributed by atoms with van der Waals surface area (Å²) < 4.78 is 1.36. The van der Waals surface area contributed by atoms with Crippen molar-refractivity contribution < 1.29 is 4.92 Å². The van der Waals surface area contributed by atoms with E-state index in [1.165, 1.54) is 34.9 Å². The van der Waals surface area contributed by atoms with Crippen LogP contribution in [0, 0.1) is 10.1 Å². The first-order valence-corrected chi connectivity index (χ1v) is 7.14. The summed E-state index contributed by atoms with van der Waals surface area (Å²) >= 11 is 6.03. The van der Waals surface area contributed by atoms with Crippen molar-refractivity contribution in [3.8, 4) is 0 Å². The van der Waals surface area contributed by atoms with E-state index in [1.807, 2.05) is 0 Å². The average Bonchev–Trinajstić information content (AvgIpc) is 2.58. The lowest BCUT2D eigenvalue weighted by molar-refractivity contribution is -0.384. The molecule has 9 heteroatoms. The SMILES string of the molecule is O=c1c(/C=N\Nc2ccc([N+](=O)[O-])cc2)c(Cl)nc2ccccn12. The highest BCUT2D eigenvalue weighted by Gasteiger charge is 2.09. The maximum absolute atomic E-state index is 12.4. The maximum atomic E-state index is 12.4. The summed E-state index contributed by atoms with van der Waals surface area (Å²) in [5.41, 5.74) is 3.40. The van der Waals surface area contributed by atoms with Crippen molar-refractivity contribution in [2.24, 2.45) is 5.10 Å². The molecule has 0 bridgehead atoms. The topological polar surface area (TPSA) is 102 Å². The molecular weight excluding hydrogens is 334 g/mol. The van der Waals surface area contributed by atoms with Gasteiger partial charge in [0.2, 0.25) is 0 Å². The fraction of sp³-hybridized carbons (Fsp3) is 0. The molecule has 0 spiro atoms. The first-order chi connectivity index (χ1) is 11.6. The van der Waals surface area contributed by atoms with Crippen LogP contribution in [0.25, 0.3) is 5.65 Å². The molecule has 0 aliphatic rings. The van der Waals surface area contributed by atoms with Crippen molar-refractivity contribution in [3.63, 3.8) is 0 Å². The minimum absolute atomic E-state index is 0.0236. The number of aromatic nitrogens is 2. The number of nitro groups is 1. The molecule has 24 heavy (non-hydrogen) atoms. The highest BCUT2D eigenvalue weighted by Crippen LogP contribution is 2.15. The number of nitrogens with zero attached hydrogens (tertiary/aromatic N) is 4. The molecule has 1 N–H and O–H groups in total. The molecule has 2 heterocycles. The third-order valence-electron chi connectivity index (χ3n) is 3.19. The fourth-order valence-corrected chi connectivity index (χ4v) is 2.23. The highest BCUT2D eigenvalue weighted by atomic mass is 35.5. The second-order valence-electron chi connectivity index (χ2n) is 4.72. The third kappa shape index (κ3) is 3.08. The zero-order valence-corrected chi connectivity index (χ0v) is 12.8. The van der Waals surface area contributed by atoms with Gasteiger partial charge in [-0.1, -0.05) is 17.7 Å². The number of nitrogens with one attached hydrogen (secondary N) is 1. The molecule has 120 valence electrons. The normalized spacial score (nSPS) is 11.0. The number of hydrazone groups is 1. The number of hydrogen-bond acceptors (Lipinski definition) is 6. The Morgan fingerprint density at radius 2 is 2.00 bits per heavy atom. The Kier molecular flexibility index (Phi) is 4.21. The zero-order chi connectivity index (χ0) is 17.1. The van der Waals surface area contributed by atoms with Gasteiger partial charge in [0, 0.05) is 18.3 Å². The summed E-state index contributed by atoms with van der Waals surface area (Å²) in [6.07, 6.45) is 2.85. The van der Waals surface area contributed by atoms with Crippen molar-refractivity contribution in [1.29, 1.82) is 0 Å². The largest absolute Gasteiger partial charge is 0.278 e. The second-order valence-corrected chi connectivity index (χ2v) is 5.08. The number of hydrogen-bond donors (Lipinski definition) is 1. The van der Waals surface area contributed by atoms with Crippen LogP contribution in [0.3, 0.4) is 0 Å². The zero-order valence-electron chi connectivity index (χ0n) is 12.1. The molecule has 0 amide bonds. The first-order valence-electron chi connectivity index (χ1n) is 6.77. The summed E-state index contributed by atoms with van der Waals surface area (Å²) in [5, 5.41) is 14.6. The molecular formula is C15H10ClN5O3. The molecule has 2 aromatic heterocycles. The number of halogens is 1. The first kappa shape index (κ1) is 15.6. The predicted molar refractivity (Wildman–Crippen MR) is 90.8 cm³/mol. The second kappa shape index (κ2) is 6.47. The predicted octanol–water partition coefficient (Wildman–Crippen LogP) is 2.70. The Hall–Kier alpha value is -3.26. The van der Waals surface area contributed by atoms with E-state index < -0.39 is 4.92 Å². The number of non-ortho nitro benzene ring substituents is 1. The molecule has 0 unspecified atom stereocenters. The van der Waals surface area contributed by atoms with Crippen LogP contribution >= 0.6 is 11.6 Å². The van der Waals surface area contributed by atoms with E-state index in [4.69, 9.17) is 11.6 Å². The van der Waals surface area contributed by atoms with E-state index >= 15 is 0 Å². The van der Waals surface area contributed by atoms with Crippen LogP contribution in [-0.2, 0) is 0 Å². The molecule has 3 aromatic rings. The van der Waals surface area contributed by atoms with Gasteiger partial charge in [-0.05, 0) is 24.3 Å². The van der Waals surface area contributed by atoms with Crippen LogP contribution in [0.15, 0.2) is 58.6 Å². The Balaban J connectivity index is 1.85. The number of pyridine rings is 1. The summed E-state index contributed by atoms with van der Waals surface area (Å²) in [5.74, 6) is 0. The lowest BCUT2D eigenvalue weighted by Crippen LogP contribution is -2.20. The van der Waals surface area contributed by atoms with E-state index in [0.717, 1.165) is 0 Å². The van der Waals surface area contributed by atoms with E-state index in [9.17, 15) is 14.9 Å². The Morgan fingerprint density at radius 3 is 2.71 bits per heavy atom.